The Labute approximate surface area is 99.0 Å². The number of carboxylic acid groups (broad SMARTS) is 1. The van der Waals surface area contributed by atoms with E-state index in [-0.39, 0.29) is 11.7 Å². The number of aromatic nitrogens is 3. The number of hydrogen-bond acceptors (Lipinski definition) is 5. The first kappa shape index (κ1) is 13.6. The molecule has 17 heavy (non-hydrogen) atoms. The fraction of sp³-hybridized carbons (Fsp3) is 0.700. The molecule has 0 spiro atoms. The van der Waals surface area contributed by atoms with Crippen LogP contribution in [0.1, 0.15) is 49.1 Å². The Bertz CT molecular complexity index is 402. The van der Waals surface area contributed by atoms with E-state index in [2.05, 4.69) is 10.3 Å². The van der Waals surface area contributed by atoms with Crippen LogP contribution in [0, 0.1) is 0 Å². The first-order valence-electron chi connectivity index (χ1n) is 5.29. The largest absolute Gasteiger partial charge is 0.476 e. The van der Waals surface area contributed by atoms with Crippen LogP contribution in [0.2, 0.25) is 0 Å². The lowest BCUT2D eigenvalue weighted by molar-refractivity contribution is 0.0667. The van der Waals surface area contributed by atoms with Crippen molar-refractivity contribution in [3.8, 4) is 0 Å². The summed E-state index contributed by atoms with van der Waals surface area (Å²) >= 11 is 0. The second-order valence-electron chi connectivity index (χ2n) is 3.93. The van der Waals surface area contributed by atoms with Crippen molar-refractivity contribution in [2.75, 3.05) is 7.11 Å². The maximum atomic E-state index is 11.0. The second kappa shape index (κ2) is 5.24. The van der Waals surface area contributed by atoms with Gasteiger partial charge in [0, 0.05) is 7.11 Å². The average Bonchev–Trinajstić information content (AvgIpc) is 2.71. The fourth-order valence-corrected chi connectivity index (χ4v) is 1.45. The molecule has 1 rings (SSSR count). The number of hydrogen-bond donors (Lipinski definition) is 2. The Balaban J connectivity index is 3.27. The molecule has 0 aliphatic rings. The summed E-state index contributed by atoms with van der Waals surface area (Å²) in [6.45, 7) is 5.04. The Morgan fingerprint density at radius 2 is 2.00 bits per heavy atom. The molecule has 0 aliphatic heterocycles. The normalized spacial score (nSPS) is 16.5. The van der Waals surface area contributed by atoms with Crippen LogP contribution < -0.4 is 0 Å². The lowest BCUT2D eigenvalue weighted by atomic mass is 10.1. The van der Waals surface area contributed by atoms with Gasteiger partial charge in [0.15, 0.2) is 5.69 Å². The first-order chi connectivity index (χ1) is 7.90. The zero-order chi connectivity index (χ0) is 13.2. The summed E-state index contributed by atoms with van der Waals surface area (Å²) in [5.41, 5.74) is 0.209. The van der Waals surface area contributed by atoms with Crippen molar-refractivity contribution in [1.29, 1.82) is 0 Å². The Morgan fingerprint density at radius 3 is 2.41 bits per heavy atom. The van der Waals surface area contributed by atoms with E-state index in [0.29, 0.717) is 5.69 Å². The number of carbonyl (C=O) groups is 1. The highest BCUT2D eigenvalue weighted by atomic mass is 16.5. The third kappa shape index (κ3) is 2.62. The molecule has 0 saturated heterocycles. The molecule has 0 aromatic carbocycles. The van der Waals surface area contributed by atoms with Crippen LogP contribution in [-0.2, 0) is 4.74 Å². The first-order valence-corrected chi connectivity index (χ1v) is 5.29. The van der Waals surface area contributed by atoms with Crippen molar-refractivity contribution in [1.82, 2.24) is 15.0 Å². The number of nitrogens with zero attached hydrogens (tertiary/aromatic N) is 3. The molecule has 0 saturated carbocycles. The van der Waals surface area contributed by atoms with E-state index in [1.165, 1.54) is 11.8 Å². The smallest absolute Gasteiger partial charge is 0.358 e. The molecule has 1 heterocycles. The van der Waals surface area contributed by atoms with Crippen LogP contribution in [0.4, 0.5) is 0 Å². The molecule has 96 valence electrons. The molecular formula is C10H17N3O4. The molecule has 0 radical (unpaired) electrons. The predicted molar refractivity (Wildman–Crippen MR) is 58.8 cm³/mol. The third-order valence-electron chi connectivity index (χ3n) is 2.76. The molecule has 3 unspecified atom stereocenters. The van der Waals surface area contributed by atoms with Crippen molar-refractivity contribution in [3.05, 3.63) is 11.4 Å². The van der Waals surface area contributed by atoms with Crippen LogP contribution >= 0.6 is 0 Å². The van der Waals surface area contributed by atoms with Gasteiger partial charge in [0.05, 0.1) is 18.2 Å². The van der Waals surface area contributed by atoms with Crippen molar-refractivity contribution >= 4 is 5.97 Å². The Morgan fingerprint density at radius 1 is 1.41 bits per heavy atom. The molecule has 2 N–H and O–H groups in total. The Kier molecular flexibility index (Phi) is 4.19. The van der Waals surface area contributed by atoms with Gasteiger partial charge in [0.1, 0.15) is 5.69 Å². The number of methoxy groups -OCH3 is 1. The van der Waals surface area contributed by atoms with Gasteiger partial charge in [-0.3, -0.25) is 0 Å². The van der Waals surface area contributed by atoms with Gasteiger partial charge < -0.3 is 14.9 Å². The van der Waals surface area contributed by atoms with Crippen LogP contribution in [0.5, 0.6) is 0 Å². The zero-order valence-electron chi connectivity index (χ0n) is 10.3. The van der Waals surface area contributed by atoms with E-state index in [1.54, 1.807) is 20.8 Å². The van der Waals surface area contributed by atoms with E-state index in [4.69, 9.17) is 9.84 Å². The minimum absolute atomic E-state index is 0.146. The van der Waals surface area contributed by atoms with Gasteiger partial charge in [-0.25, -0.2) is 9.48 Å². The lowest BCUT2D eigenvalue weighted by Crippen LogP contribution is -2.23. The highest BCUT2D eigenvalue weighted by Gasteiger charge is 2.27. The standard InChI is InChI=1S/C10H17N3O4/c1-5(6(2)14)13-9(7(3)17-4)8(10(15)16)11-12-13/h5-7,14H,1-4H3,(H,15,16). The quantitative estimate of drug-likeness (QED) is 0.787. The topological polar surface area (TPSA) is 97.5 Å². The lowest BCUT2D eigenvalue weighted by Gasteiger charge is -2.19. The molecule has 0 amide bonds. The number of rotatable bonds is 5. The number of aliphatic hydroxyl groups excluding tert-OH is 1. The predicted octanol–water partition coefficient (Wildman–Crippen LogP) is 0.625. The zero-order valence-corrected chi connectivity index (χ0v) is 10.3. The Hall–Kier alpha value is -1.47. The minimum atomic E-state index is -1.16. The number of aliphatic hydroxyl groups is 1. The molecule has 0 aliphatic carbocycles. The van der Waals surface area contributed by atoms with Gasteiger partial charge in [-0.1, -0.05) is 5.21 Å². The summed E-state index contributed by atoms with van der Waals surface area (Å²) in [5.74, 6) is -1.16. The van der Waals surface area contributed by atoms with Gasteiger partial charge >= 0.3 is 5.97 Å². The van der Waals surface area contributed by atoms with Gasteiger partial charge in [0.2, 0.25) is 0 Å². The van der Waals surface area contributed by atoms with E-state index >= 15 is 0 Å². The molecule has 0 fully saturated rings. The molecule has 7 nitrogen and oxygen atoms in total. The van der Waals surface area contributed by atoms with E-state index < -0.39 is 18.2 Å². The van der Waals surface area contributed by atoms with Crippen LogP contribution in [0.15, 0.2) is 0 Å². The van der Waals surface area contributed by atoms with Crippen molar-refractivity contribution in [3.63, 3.8) is 0 Å². The molecule has 7 heteroatoms. The van der Waals surface area contributed by atoms with E-state index in [9.17, 15) is 9.90 Å². The van der Waals surface area contributed by atoms with Crippen LogP contribution in [-0.4, -0.2) is 44.4 Å². The van der Waals surface area contributed by atoms with Gasteiger partial charge in [-0.05, 0) is 20.8 Å². The highest BCUT2D eigenvalue weighted by molar-refractivity contribution is 5.86. The van der Waals surface area contributed by atoms with Crippen LogP contribution in [0.3, 0.4) is 0 Å². The van der Waals surface area contributed by atoms with Gasteiger partial charge in [0.25, 0.3) is 0 Å². The van der Waals surface area contributed by atoms with Gasteiger partial charge in [-0.15, -0.1) is 5.10 Å². The number of ether oxygens (including phenoxy) is 1. The van der Waals surface area contributed by atoms with Crippen LogP contribution in [0.25, 0.3) is 0 Å². The molecule has 3 atom stereocenters. The summed E-state index contributed by atoms with van der Waals surface area (Å²) in [6.07, 6.45) is -1.13. The molecule has 0 bridgehead atoms. The third-order valence-corrected chi connectivity index (χ3v) is 2.76. The average molecular weight is 243 g/mol. The maximum Gasteiger partial charge on any atom is 0.358 e. The van der Waals surface area contributed by atoms with Gasteiger partial charge in [-0.2, -0.15) is 0 Å². The van der Waals surface area contributed by atoms with Crippen molar-refractivity contribution in [2.24, 2.45) is 0 Å². The summed E-state index contributed by atoms with van der Waals surface area (Å²) in [7, 11) is 1.47. The van der Waals surface area contributed by atoms with E-state index in [1.807, 2.05) is 0 Å². The summed E-state index contributed by atoms with van der Waals surface area (Å²) in [6, 6.07) is -0.372. The molecular weight excluding hydrogens is 226 g/mol. The maximum absolute atomic E-state index is 11.0. The molecule has 1 aromatic heterocycles. The summed E-state index contributed by atoms with van der Waals surface area (Å²) in [5, 5.41) is 25.9. The highest BCUT2D eigenvalue weighted by Crippen LogP contribution is 2.23. The second-order valence-corrected chi connectivity index (χ2v) is 3.93. The SMILES string of the molecule is COC(C)c1c(C(=O)O)nnn1C(C)C(C)O. The van der Waals surface area contributed by atoms with Crippen molar-refractivity contribution < 1.29 is 19.7 Å². The summed E-state index contributed by atoms with van der Waals surface area (Å²) in [4.78, 5) is 11.0. The number of carboxylic acids is 1. The van der Waals surface area contributed by atoms with Crippen molar-refractivity contribution in [2.45, 2.75) is 39.0 Å². The number of aromatic carboxylic acids is 1. The fourth-order valence-electron chi connectivity index (χ4n) is 1.45. The monoisotopic (exact) mass is 243 g/mol. The van der Waals surface area contributed by atoms with E-state index in [0.717, 1.165) is 0 Å². The minimum Gasteiger partial charge on any atom is -0.476 e. The summed E-state index contributed by atoms with van der Waals surface area (Å²) < 4.78 is 6.50. The molecule has 1 aromatic rings.